The van der Waals surface area contributed by atoms with E-state index in [1.54, 1.807) is 18.6 Å². The Morgan fingerprint density at radius 1 is 0.944 bits per heavy atom. The van der Waals surface area contributed by atoms with Crippen LogP contribution in [-0.2, 0) is 0 Å². The van der Waals surface area contributed by atoms with Crippen LogP contribution in [0.5, 0.6) is 0 Å². The van der Waals surface area contributed by atoms with Crippen molar-refractivity contribution in [1.82, 2.24) is 19.9 Å². The maximum absolute atomic E-state index is 5.25. The van der Waals surface area contributed by atoms with Crippen LogP contribution in [-0.4, -0.2) is 27.0 Å². The summed E-state index contributed by atoms with van der Waals surface area (Å²) in [6, 6.07) is 0. The van der Waals surface area contributed by atoms with Crippen molar-refractivity contribution in [3.63, 3.8) is 0 Å². The van der Waals surface area contributed by atoms with Gasteiger partial charge in [0.1, 0.15) is 11.6 Å². The number of hydrogen-bond donors (Lipinski definition) is 2. The Hall–Kier alpha value is -1.24. The molecule has 0 saturated carbocycles. The van der Waals surface area contributed by atoms with Gasteiger partial charge in [-0.1, -0.05) is 0 Å². The summed E-state index contributed by atoms with van der Waals surface area (Å²) in [6.07, 6.45) is 6.60. The summed E-state index contributed by atoms with van der Waals surface area (Å²) < 4.78 is 0. The van der Waals surface area contributed by atoms with Gasteiger partial charge in [0.25, 0.3) is 0 Å². The van der Waals surface area contributed by atoms with E-state index >= 15 is 0 Å². The van der Waals surface area contributed by atoms with Crippen LogP contribution in [0.4, 0.5) is 11.6 Å². The van der Waals surface area contributed by atoms with Crippen molar-refractivity contribution in [3.05, 3.63) is 36.2 Å². The van der Waals surface area contributed by atoms with Gasteiger partial charge in [-0.3, -0.25) is 9.97 Å². The maximum atomic E-state index is 5.25. The van der Waals surface area contributed by atoms with Gasteiger partial charge >= 0.3 is 29.6 Å². The standard InChI is InChI=1S/C6H9N3.C5H7N3.Na.H/c1-5-3-9-6(7-2)4-8-5;1-4-2-8-5(6)3-7-4;;/h3-4H,1-2H3,(H,7,9);2-3H,1H3,(H2,6,8);;/q;;+1;-1. The summed E-state index contributed by atoms with van der Waals surface area (Å²) in [5, 5.41) is 2.88. The molecule has 0 saturated heterocycles. The third-order valence-electron chi connectivity index (χ3n) is 1.84. The molecule has 2 aromatic rings. The van der Waals surface area contributed by atoms with Crippen LogP contribution in [0.3, 0.4) is 0 Å². The zero-order valence-corrected chi connectivity index (χ0v) is 13.2. The minimum atomic E-state index is 0. The molecule has 0 bridgehead atoms. The number of aromatic nitrogens is 4. The molecule has 2 heterocycles. The zero-order valence-electron chi connectivity index (χ0n) is 12.2. The van der Waals surface area contributed by atoms with Gasteiger partial charge in [0.05, 0.1) is 36.2 Å². The van der Waals surface area contributed by atoms with Gasteiger partial charge in [0.2, 0.25) is 0 Å². The minimum absolute atomic E-state index is 0. The van der Waals surface area contributed by atoms with Gasteiger partial charge in [-0.15, -0.1) is 0 Å². The van der Waals surface area contributed by atoms with E-state index in [4.69, 9.17) is 5.73 Å². The first-order valence-electron chi connectivity index (χ1n) is 5.12. The number of aryl methyl sites for hydroxylation is 2. The molecule has 0 radical (unpaired) electrons. The first-order valence-corrected chi connectivity index (χ1v) is 5.12. The summed E-state index contributed by atoms with van der Waals surface area (Å²) >= 11 is 0. The SMILES string of the molecule is CNc1cnc(C)cn1.Cc1cnc(N)cn1.[H-].[Na+]. The van der Waals surface area contributed by atoms with Crippen LogP contribution in [0.15, 0.2) is 24.8 Å². The van der Waals surface area contributed by atoms with E-state index in [0.29, 0.717) is 5.82 Å². The molecule has 0 fully saturated rings. The van der Waals surface area contributed by atoms with Crippen LogP contribution in [0.1, 0.15) is 12.8 Å². The topological polar surface area (TPSA) is 89.6 Å². The van der Waals surface area contributed by atoms with E-state index in [-0.39, 0.29) is 31.0 Å². The van der Waals surface area contributed by atoms with Crippen LogP contribution in [0.2, 0.25) is 0 Å². The monoisotopic (exact) mass is 256 g/mol. The Kier molecular flexibility index (Phi) is 8.19. The summed E-state index contributed by atoms with van der Waals surface area (Å²) in [5.74, 6) is 1.27. The molecule has 0 atom stereocenters. The Morgan fingerprint density at radius 2 is 1.50 bits per heavy atom. The van der Waals surface area contributed by atoms with Crippen molar-refractivity contribution >= 4 is 11.6 Å². The molecule has 2 rings (SSSR count). The van der Waals surface area contributed by atoms with E-state index in [2.05, 4.69) is 25.3 Å². The smallest absolute Gasteiger partial charge is 1.00 e. The number of rotatable bonds is 1. The van der Waals surface area contributed by atoms with Gasteiger partial charge in [-0.2, -0.15) is 0 Å². The number of hydrogen-bond acceptors (Lipinski definition) is 6. The van der Waals surface area contributed by atoms with E-state index in [1.165, 1.54) is 6.20 Å². The Balaban J connectivity index is 0. The normalized spacial score (nSPS) is 8.61. The molecule has 0 unspecified atom stereocenters. The van der Waals surface area contributed by atoms with Crippen LogP contribution >= 0.6 is 0 Å². The molecule has 0 aliphatic heterocycles. The average molecular weight is 256 g/mol. The fourth-order valence-corrected chi connectivity index (χ4v) is 0.924. The summed E-state index contributed by atoms with van der Waals surface area (Å²) in [5.41, 5.74) is 7.08. The van der Waals surface area contributed by atoms with Crippen molar-refractivity contribution in [2.24, 2.45) is 0 Å². The predicted octanol–water partition coefficient (Wildman–Crippen LogP) is -1.69. The zero-order chi connectivity index (χ0) is 12.7. The van der Waals surface area contributed by atoms with Crippen molar-refractivity contribution in [2.75, 3.05) is 18.1 Å². The number of nitrogens with zero attached hydrogens (tertiary/aromatic N) is 4. The molecule has 3 N–H and O–H groups in total. The molecular formula is C11H17N6Na. The van der Waals surface area contributed by atoms with Gasteiger partial charge in [0, 0.05) is 7.05 Å². The molecule has 2 aromatic heterocycles. The second-order valence-corrected chi connectivity index (χ2v) is 3.38. The number of nitrogens with two attached hydrogens (primary N) is 1. The third-order valence-corrected chi connectivity index (χ3v) is 1.84. The summed E-state index contributed by atoms with van der Waals surface area (Å²) in [6.45, 7) is 3.78. The van der Waals surface area contributed by atoms with Crippen LogP contribution in [0.25, 0.3) is 0 Å². The van der Waals surface area contributed by atoms with E-state index in [9.17, 15) is 0 Å². The Morgan fingerprint density at radius 3 is 1.83 bits per heavy atom. The number of nitrogen functional groups attached to an aromatic ring is 1. The quantitative estimate of drug-likeness (QED) is 0.592. The average Bonchev–Trinajstić information content (AvgIpc) is 2.35. The molecule has 18 heavy (non-hydrogen) atoms. The predicted molar refractivity (Wildman–Crippen MR) is 68.6 cm³/mol. The summed E-state index contributed by atoms with van der Waals surface area (Å²) in [7, 11) is 1.82. The first-order chi connectivity index (χ1) is 8.11. The fourth-order valence-electron chi connectivity index (χ4n) is 0.924. The molecule has 7 heteroatoms. The maximum Gasteiger partial charge on any atom is 1.00 e. The van der Waals surface area contributed by atoms with Gasteiger partial charge in [0.15, 0.2) is 0 Å². The summed E-state index contributed by atoms with van der Waals surface area (Å²) in [4.78, 5) is 15.7. The molecule has 0 aromatic carbocycles. The third kappa shape index (κ3) is 6.48. The number of anilines is 2. The Bertz CT molecular complexity index is 427. The van der Waals surface area contributed by atoms with Crippen molar-refractivity contribution in [1.29, 1.82) is 0 Å². The Labute approximate surface area is 130 Å². The van der Waals surface area contributed by atoms with Crippen molar-refractivity contribution < 1.29 is 31.0 Å². The fraction of sp³-hybridized carbons (Fsp3) is 0.273. The molecule has 0 aliphatic rings. The van der Waals surface area contributed by atoms with Crippen LogP contribution in [0, 0.1) is 13.8 Å². The molecule has 0 aliphatic carbocycles. The number of nitrogens with one attached hydrogen (secondary N) is 1. The molecule has 0 amide bonds. The first kappa shape index (κ1) is 16.8. The molecule has 92 valence electrons. The van der Waals surface area contributed by atoms with Gasteiger partial charge in [-0.25, -0.2) is 9.97 Å². The van der Waals surface area contributed by atoms with Gasteiger partial charge < -0.3 is 12.5 Å². The van der Waals surface area contributed by atoms with Crippen LogP contribution < -0.4 is 40.6 Å². The molecule has 6 nitrogen and oxygen atoms in total. The van der Waals surface area contributed by atoms with Crippen molar-refractivity contribution in [2.45, 2.75) is 13.8 Å². The van der Waals surface area contributed by atoms with E-state index in [0.717, 1.165) is 17.2 Å². The molecular weight excluding hydrogens is 239 g/mol. The minimum Gasteiger partial charge on any atom is -1.00 e. The second-order valence-electron chi connectivity index (χ2n) is 3.38. The van der Waals surface area contributed by atoms with E-state index in [1.807, 2.05) is 20.9 Å². The van der Waals surface area contributed by atoms with Gasteiger partial charge in [-0.05, 0) is 13.8 Å². The van der Waals surface area contributed by atoms with E-state index < -0.39 is 0 Å². The second kappa shape index (κ2) is 8.79. The molecule has 0 spiro atoms. The largest absolute Gasteiger partial charge is 1.00 e. The van der Waals surface area contributed by atoms with Crippen molar-refractivity contribution in [3.8, 4) is 0 Å².